The summed E-state index contributed by atoms with van der Waals surface area (Å²) in [5.41, 5.74) is 18.5. The van der Waals surface area contributed by atoms with Crippen molar-refractivity contribution in [2.45, 2.75) is 5.41 Å². The molecule has 0 saturated carbocycles. The molecule has 0 atom stereocenters. The number of fused-ring (bicyclic) bond motifs is 19. The average Bonchev–Trinajstić information content (AvgIpc) is 4.21. The van der Waals surface area contributed by atoms with E-state index in [-0.39, 0.29) is 0 Å². The third-order valence-electron chi connectivity index (χ3n) is 15.2. The summed E-state index contributed by atoms with van der Waals surface area (Å²) >= 11 is 0. The Morgan fingerprint density at radius 2 is 0.814 bits per heavy atom. The monoisotopic (exact) mass is 891 g/mol. The minimum absolute atomic E-state index is 0.520. The second-order valence-corrected chi connectivity index (χ2v) is 18.7. The van der Waals surface area contributed by atoms with Crippen molar-refractivity contribution in [1.29, 1.82) is 0 Å². The van der Waals surface area contributed by atoms with Crippen LogP contribution in [0, 0.1) is 0 Å². The highest BCUT2D eigenvalue weighted by Crippen LogP contribution is 2.63. The summed E-state index contributed by atoms with van der Waals surface area (Å²) < 4.78 is 11.0. The number of nitrogens with zero attached hydrogens (tertiary/aromatic N) is 5. The fourth-order valence-corrected chi connectivity index (χ4v) is 12.3. The summed E-state index contributed by atoms with van der Waals surface area (Å²) in [6, 6.07) is 80.8. The van der Waals surface area contributed by atoms with E-state index in [1.54, 1.807) is 0 Å². The van der Waals surface area contributed by atoms with Crippen molar-refractivity contribution < 1.29 is 4.42 Å². The highest BCUT2D eigenvalue weighted by Gasteiger charge is 2.51. The number of para-hydroxylation sites is 3. The van der Waals surface area contributed by atoms with Gasteiger partial charge >= 0.3 is 0 Å². The van der Waals surface area contributed by atoms with Crippen LogP contribution in [0.5, 0.6) is 0 Å². The molecule has 0 fully saturated rings. The van der Waals surface area contributed by atoms with Gasteiger partial charge in [0.1, 0.15) is 11.2 Å². The number of benzene rings is 10. The molecule has 0 amide bonds. The van der Waals surface area contributed by atoms with E-state index in [1.807, 2.05) is 12.1 Å². The molecule has 6 nitrogen and oxygen atoms in total. The zero-order valence-electron chi connectivity index (χ0n) is 37.5. The Balaban J connectivity index is 1.00. The molecular formula is C64H37N5O. The Morgan fingerprint density at radius 3 is 1.50 bits per heavy atom. The molecule has 0 aliphatic heterocycles. The first kappa shape index (κ1) is 37.7. The van der Waals surface area contributed by atoms with Gasteiger partial charge < -0.3 is 4.42 Å². The van der Waals surface area contributed by atoms with Gasteiger partial charge in [0.15, 0.2) is 5.82 Å². The number of hydrogen-bond donors (Lipinski definition) is 0. The van der Waals surface area contributed by atoms with Gasteiger partial charge in [0.05, 0.1) is 27.5 Å². The molecule has 0 unspecified atom stereocenters. The maximum Gasteiger partial charge on any atom is 0.240 e. The van der Waals surface area contributed by atoms with Gasteiger partial charge in [-0.3, -0.25) is 9.13 Å². The van der Waals surface area contributed by atoms with Crippen LogP contribution in [0.25, 0.3) is 122 Å². The van der Waals surface area contributed by atoms with Crippen molar-refractivity contribution in [3.05, 3.63) is 247 Å². The third-order valence-corrected chi connectivity index (χ3v) is 15.2. The van der Waals surface area contributed by atoms with Crippen LogP contribution in [0.15, 0.2) is 229 Å². The SMILES string of the molecule is c1ccc(-c2ccc3c(c2)c2ccccc2n3-c2nc(-c3ccc4c(c3)oc3ccccc34)nc(-n3c4ccccc4c4cc5c(cc43)C3(c4ccccc4-c4ccccc43)c3ccccc3-5)n2)cc1. The maximum absolute atomic E-state index is 6.48. The van der Waals surface area contributed by atoms with Gasteiger partial charge in [-0.25, -0.2) is 0 Å². The van der Waals surface area contributed by atoms with Crippen molar-refractivity contribution in [2.24, 2.45) is 0 Å². The lowest BCUT2D eigenvalue weighted by atomic mass is 9.70. The van der Waals surface area contributed by atoms with Crippen molar-refractivity contribution >= 4 is 65.6 Å². The number of aromatic nitrogens is 5. The van der Waals surface area contributed by atoms with Crippen LogP contribution in [-0.4, -0.2) is 24.1 Å². The molecular weight excluding hydrogens is 855 g/mol. The normalized spacial score (nSPS) is 13.3. The quantitative estimate of drug-likeness (QED) is 0.177. The Morgan fingerprint density at radius 1 is 0.300 bits per heavy atom. The first-order valence-electron chi connectivity index (χ1n) is 23.8. The predicted molar refractivity (Wildman–Crippen MR) is 283 cm³/mol. The standard InChI is InChI=1S/C64H37N5O/c1-2-16-38(17-3-1)39-31-33-57-49(34-39)44-21-7-13-27-55(44)68(57)62-65-61(40-30-32-47-46-23-9-15-29-59(46)70-60(47)35-40)66-63(67-62)69-56-28-14-8-22-45(56)50-36-48-43-20-6-12-26-53(43)64(54(48)37-58(50)69)51-24-10-4-18-41(51)42-19-5-11-25-52(42)64/h1-37H. The van der Waals surface area contributed by atoms with E-state index in [9.17, 15) is 0 Å². The fourth-order valence-electron chi connectivity index (χ4n) is 12.3. The Bertz CT molecular complexity index is 4510. The van der Waals surface area contributed by atoms with Gasteiger partial charge in [-0.15, -0.1) is 0 Å². The van der Waals surface area contributed by atoms with E-state index >= 15 is 0 Å². The molecule has 6 heteroatoms. The van der Waals surface area contributed by atoms with Crippen molar-refractivity contribution in [3.63, 3.8) is 0 Å². The lowest BCUT2D eigenvalue weighted by Crippen LogP contribution is -2.25. The molecule has 0 N–H and O–H groups in total. The molecule has 10 aromatic carbocycles. The average molecular weight is 892 g/mol. The molecule has 2 aliphatic carbocycles. The van der Waals surface area contributed by atoms with E-state index in [0.29, 0.717) is 17.7 Å². The Kier molecular flexibility index (Phi) is 7.45. The zero-order valence-corrected chi connectivity index (χ0v) is 37.5. The largest absolute Gasteiger partial charge is 0.456 e. The molecule has 1 spiro atoms. The summed E-state index contributed by atoms with van der Waals surface area (Å²) in [7, 11) is 0. The van der Waals surface area contributed by atoms with Crippen molar-refractivity contribution in [2.75, 3.05) is 0 Å². The molecule has 14 aromatic rings. The fraction of sp³-hybridized carbons (Fsp3) is 0.0156. The summed E-state index contributed by atoms with van der Waals surface area (Å²) in [6.07, 6.45) is 0. The molecule has 2 aliphatic rings. The van der Waals surface area contributed by atoms with Crippen LogP contribution in [-0.2, 0) is 5.41 Å². The van der Waals surface area contributed by atoms with E-state index in [0.717, 1.165) is 76.7 Å². The molecule has 0 bridgehead atoms. The Labute approximate surface area is 401 Å². The number of rotatable bonds is 4. The predicted octanol–water partition coefficient (Wildman–Crippen LogP) is 15.6. The van der Waals surface area contributed by atoms with Crippen molar-refractivity contribution in [1.82, 2.24) is 24.1 Å². The zero-order chi connectivity index (χ0) is 45.7. The molecule has 4 aromatic heterocycles. The van der Waals surface area contributed by atoms with E-state index in [1.165, 1.54) is 50.1 Å². The number of furan rings is 1. The lowest BCUT2D eigenvalue weighted by Gasteiger charge is -2.30. The number of hydrogen-bond acceptors (Lipinski definition) is 4. The highest BCUT2D eigenvalue weighted by atomic mass is 16.3. The van der Waals surface area contributed by atoms with Gasteiger partial charge in [0.25, 0.3) is 0 Å². The van der Waals surface area contributed by atoms with Crippen LogP contribution in [0.3, 0.4) is 0 Å². The van der Waals surface area contributed by atoms with Crippen LogP contribution < -0.4 is 0 Å². The van der Waals surface area contributed by atoms with Gasteiger partial charge in [-0.05, 0) is 110 Å². The summed E-state index contributed by atoms with van der Waals surface area (Å²) in [6.45, 7) is 0. The maximum atomic E-state index is 6.48. The van der Waals surface area contributed by atoms with E-state index in [4.69, 9.17) is 19.4 Å². The van der Waals surface area contributed by atoms with E-state index in [2.05, 4.69) is 221 Å². The molecule has 0 saturated heterocycles. The minimum atomic E-state index is -0.520. The van der Waals surface area contributed by atoms with Gasteiger partial charge in [0.2, 0.25) is 11.9 Å². The van der Waals surface area contributed by atoms with Crippen LogP contribution in [0.4, 0.5) is 0 Å². The highest BCUT2D eigenvalue weighted by molar-refractivity contribution is 6.13. The van der Waals surface area contributed by atoms with Crippen LogP contribution >= 0.6 is 0 Å². The third kappa shape index (κ3) is 4.93. The van der Waals surface area contributed by atoms with Crippen molar-refractivity contribution in [3.8, 4) is 56.7 Å². The van der Waals surface area contributed by atoms with Gasteiger partial charge in [-0.1, -0.05) is 170 Å². The summed E-state index contributed by atoms with van der Waals surface area (Å²) in [4.78, 5) is 16.5. The van der Waals surface area contributed by atoms with Crippen LogP contribution in [0.1, 0.15) is 22.3 Å². The molecule has 0 radical (unpaired) electrons. The molecule has 16 rings (SSSR count). The first-order valence-corrected chi connectivity index (χ1v) is 23.8. The summed E-state index contributed by atoms with van der Waals surface area (Å²) in [5, 5.41) is 6.63. The van der Waals surface area contributed by atoms with E-state index < -0.39 is 5.41 Å². The Hall–Kier alpha value is -9.39. The van der Waals surface area contributed by atoms with Gasteiger partial charge in [0, 0.05) is 37.9 Å². The smallest absolute Gasteiger partial charge is 0.240 e. The lowest BCUT2D eigenvalue weighted by molar-refractivity contribution is 0.669. The molecule has 324 valence electrons. The molecule has 4 heterocycles. The van der Waals surface area contributed by atoms with Gasteiger partial charge in [-0.2, -0.15) is 15.0 Å². The summed E-state index contributed by atoms with van der Waals surface area (Å²) in [5.74, 6) is 1.60. The molecule has 70 heavy (non-hydrogen) atoms. The topological polar surface area (TPSA) is 61.7 Å². The minimum Gasteiger partial charge on any atom is -0.456 e. The van der Waals surface area contributed by atoms with Crippen LogP contribution in [0.2, 0.25) is 0 Å². The first-order chi connectivity index (χ1) is 34.7. The second kappa shape index (κ2) is 13.8. The second-order valence-electron chi connectivity index (χ2n) is 18.7.